The number of nitrogens with zero attached hydrogens (tertiary/aromatic N) is 2. The zero-order chi connectivity index (χ0) is 20.9. The number of hydrogen-bond donors (Lipinski definition) is 1. The van der Waals surface area contributed by atoms with Crippen LogP contribution in [0.3, 0.4) is 0 Å². The summed E-state index contributed by atoms with van der Waals surface area (Å²) in [7, 11) is 0. The first-order valence-corrected chi connectivity index (χ1v) is 11.6. The van der Waals surface area contributed by atoms with E-state index in [1.165, 1.54) is 0 Å². The van der Waals surface area contributed by atoms with Crippen molar-refractivity contribution in [3.63, 3.8) is 0 Å². The highest BCUT2D eigenvalue weighted by Gasteiger charge is 2.37. The number of aliphatic hydroxyl groups is 1. The summed E-state index contributed by atoms with van der Waals surface area (Å²) < 4.78 is 6.81. The Morgan fingerprint density at radius 1 is 1.07 bits per heavy atom. The molecule has 2 atom stereocenters. The summed E-state index contributed by atoms with van der Waals surface area (Å²) in [5.41, 5.74) is 2.30. The van der Waals surface area contributed by atoms with Crippen LogP contribution in [0.1, 0.15) is 36.4 Å². The predicted octanol–water partition coefficient (Wildman–Crippen LogP) is 4.40. The molecule has 2 aromatic rings. The van der Waals surface area contributed by atoms with Crippen LogP contribution in [-0.4, -0.2) is 59.4 Å². The van der Waals surface area contributed by atoms with Gasteiger partial charge < -0.3 is 14.7 Å². The Kier molecular flexibility index (Phi) is 7.08. The number of piperidine rings is 1. The van der Waals surface area contributed by atoms with Crippen LogP contribution < -0.4 is 0 Å². The normalized spacial score (nSPS) is 21.6. The van der Waals surface area contributed by atoms with Crippen molar-refractivity contribution in [1.29, 1.82) is 0 Å². The first-order chi connectivity index (χ1) is 14.6. The fourth-order valence-corrected chi connectivity index (χ4v) is 4.88. The van der Waals surface area contributed by atoms with Gasteiger partial charge in [0.05, 0.1) is 18.7 Å². The van der Waals surface area contributed by atoms with Gasteiger partial charge in [0.25, 0.3) is 0 Å². The molecular weight excluding hydrogens is 444 g/mol. The standard InChI is InChI=1S/C24H29BrN2O3/c25-22-9-5-4-8-19(22)16-21-17-27(24(29)30-21)23(18-6-2-1-3-7-18)12-15-26-13-10-20(28)11-14-26/h1-9,20-21,23,28H,10-17H2. The van der Waals surface area contributed by atoms with Crippen molar-refractivity contribution in [2.45, 2.75) is 43.9 Å². The number of carbonyl (C=O) groups is 1. The minimum absolute atomic E-state index is 0.00485. The largest absolute Gasteiger partial charge is 0.444 e. The summed E-state index contributed by atoms with van der Waals surface area (Å²) in [4.78, 5) is 17.1. The molecule has 6 heteroatoms. The molecule has 2 heterocycles. The molecule has 0 aliphatic carbocycles. The van der Waals surface area contributed by atoms with Crippen molar-refractivity contribution < 1.29 is 14.6 Å². The van der Waals surface area contributed by atoms with Gasteiger partial charge in [-0.3, -0.25) is 4.90 Å². The number of halogens is 1. The first kappa shape index (κ1) is 21.3. The van der Waals surface area contributed by atoms with E-state index in [0.717, 1.165) is 54.5 Å². The number of amides is 1. The van der Waals surface area contributed by atoms with E-state index in [1.54, 1.807) is 0 Å². The van der Waals surface area contributed by atoms with E-state index in [1.807, 2.05) is 41.3 Å². The lowest BCUT2D eigenvalue weighted by molar-refractivity contribution is 0.0775. The topological polar surface area (TPSA) is 53.0 Å². The molecule has 0 radical (unpaired) electrons. The second-order valence-electron chi connectivity index (χ2n) is 8.24. The van der Waals surface area contributed by atoms with E-state index in [2.05, 4.69) is 39.0 Å². The van der Waals surface area contributed by atoms with Gasteiger partial charge in [-0.2, -0.15) is 0 Å². The van der Waals surface area contributed by atoms with Gasteiger partial charge in [-0.1, -0.05) is 64.5 Å². The van der Waals surface area contributed by atoms with Crippen LogP contribution in [-0.2, 0) is 11.2 Å². The van der Waals surface area contributed by atoms with E-state index in [-0.39, 0.29) is 24.3 Å². The number of ether oxygens (including phenoxy) is 1. The molecular formula is C24H29BrN2O3. The fourth-order valence-electron chi connectivity index (χ4n) is 4.44. The second kappa shape index (κ2) is 9.94. The second-order valence-corrected chi connectivity index (χ2v) is 9.10. The third kappa shape index (κ3) is 5.23. The molecule has 30 heavy (non-hydrogen) atoms. The van der Waals surface area contributed by atoms with Crippen molar-refractivity contribution in [1.82, 2.24) is 9.80 Å². The molecule has 2 fully saturated rings. The van der Waals surface area contributed by atoms with Gasteiger partial charge in [0, 0.05) is 30.5 Å². The molecule has 2 saturated heterocycles. The number of aliphatic hydroxyl groups excluding tert-OH is 1. The number of cyclic esters (lactones) is 1. The van der Waals surface area contributed by atoms with E-state index < -0.39 is 0 Å². The summed E-state index contributed by atoms with van der Waals surface area (Å²) in [6, 6.07) is 18.3. The third-order valence-electron chi connectivity index (χ3n) is 6.14. The molecule has 160 valence electrons. The molecule has 2 unspecified atom stereocenters. The highest BCUT2D eigenvalue weighted by Crippen LogP contribution is 2.31. The lowest BCUT2D eigenvalue weighted by Gasteiger charge is -2.32. The molecule has 0 bridgehead atoms. The maximum absolute atomic E-state index is 12.8. The molecule has 2 aromatic carbocycles. The number of carbonyl (C=O) groups excluding carboxylic acids is 1. The van der Waals surface area contributed by atoms with Gasteiger partial charge >= 0.3 is 6.09 Å². The minimum atomic E-state index is -0.227. The number of likely N-dealkylation sites (tertiary alicyclic amines) is 1. The smallest absolute Gasteiger partial charge is 0.410 e. The highest BCUT2D eigenvalue weighted by atomic mass is 79.9. The maximum atomic E-state index is 12.8. The van der Waals surface area contributed by atoms with Gasteiger partial charge in [0.1, 0.15) is 6.10 Å². The monoisotopic (exact) mass is 472 g/mol. The van der Waals surface area contributed by atoms with E-state index >= 15 is 0 Å². The van der Waals surface area contributed by atoms with E-state index in [4.69, 9.17) is 4.74 Å². The van der Waals surface area contributed by atoms with Crippen molar-refractivity contribution in [2.75, 3.05) is 26.2 Å². The molecule has 0 spiro atoms. The number of hydrogen-bond acceptors (Lipinski definition) is 4. The Balaban J connectivity index is 1.45. The Morgan fingerprint density at radius 3 is 2.50 bits per heavy atom. The van der Waals surface area contributed by atoms with Gasteiger partial charge in [-0.15, -0.1) is 0 Å². The SMILES string of the molecule is O=C1OC(Cc2ccccc2Br)CN1C(CCN1CCC(O)CC1)c1ccccc1. The fraction of sp³-hybridized carbons (Fsp3) is 0.458. The van der Waals surface area contributed by atoms with Crippen LogP contribution in [0.15, 0.2) is 59.1 Å². The average Bonchev–Trinajstić information content (AvgIpc) is 3.12. The molecule has 0 aromatic heterocycles. The molecule has 5 nitrogen and oxygen atoms in total. The summed E-state index contributed by atoms with van der Waals surface area (Å²) in [5, 5.41) is 9.76. The van der Waals surface area contributed by atoms with Crippen molar-refractivity contribution >= 4 is 22.0 Å². The molecule has 2 aliphatic heterocycles. The Morgan fingerprint density at radius 2 is 1.77 bits per heavy atom. The number of benzene rings is 2. The molecule has 1 amide bonds. The quantitative estimate of drug-likeness (QED) is 0.648. The van der Waals surface area contributed by atoms with Crippen molar-refractivity contribution in [3.05, 3.63) is 70.2 Å². The van der Waals surface area contributed by atoms with Crippen LogP contribution in [0, 0.1) is 0 Å². The highest BCUT2D eigenvalue weighted by molar-refractivity contribution is 9.10. The van der Waals surface area contributed by atoms with Crippen LogP contribution in [0.25, 0.3) is 0 Å². The van der Waals surface area contributed by atoms with E-state index in [0.29, 0.717) is 13.0 Å². The zero-order valence-corrected chi connectivity index (χ0v) is 18.7. The number of rotatable bonds is 7. The van der Waals surface area contributed by atoms with Crippen molar-refractivity contribution in [2.24, 2.45) is 0 Å². The predicted molar refractivity (Wildman–Crippen MR) is 120 cm³/mol. The molecule has 1 N–H and O–H groups in total. The first-order valence-electron chi connectivity index (χ1n) is 10.8. The Hall–Kier alpha value is -1.89. The summed E-state index contributed by atoms with van der Waals surface area (Å²) >= 11 is 3.60. The third-order valence-corrected chi connectivity index (χ3v) is 6.92. The van der Waals surface area contributed by atoms with Gasteiger partial charge in [-0.25, -0.2) is 4.79 Å². The average molecular weight is 473 g/mol. The molecule has 4 rings (SSSR count). The summed E-state index contributed by atoms with van der Waals surface area (Å²) in [5.74, 6) is 0. The lowest BCUT2D eigenvalue weighted by atomic mass is 10.00. The molecule has 0 saturated carbocycles. The van der Waals surface area contributed by atoms with Gasteiger partial charge in [0.2, 0.25) is 0 Å². The van der Waals surface area contributed by atoms with Gasteiger partial charge in [-0.05, 0) is 36.5 Å². The summed E-state index contributed by atoms with van der Waals surface area (Å²) in [6.45, 7) is 3.33. The Bertz CT molecular complexity index is 839. The molecule has 2 aliphatic rings. The van der Waals surface area contributed by atoms with Crippen LogP contribution in [0.2, 0.25) is 0 Å². The van der Waals surface area contributed by atoms with Crippen LogP contribution in [0.4, 0.5) is 4.79 Å². The van der Waals surface area contributed by atoms with Crippen LogP contribution >= 0.6 is 15.9 Å². The zero-order valence-electron chi connectivity index (χ0n) is 17.1. The minimum Gasteiger partial charge on any atom is -0.444 e. The van der Waals surface area contributed by atoms with Crippen LogP contribution in [0.5, 0.6) is 0 Å². The Labute approximate surface area is 186 Å². The maximum Gasteiger partial charge on any atom is 0.410 e. The summed E-state index contributed by atoms with van der Waals surface area (Å²) in [6.07, 6.45) is 2.68. The van der Waals surface area contributed by atoms with Gasteiger partial charge in [0.15, 0.2) is 0 Å². The van der Waals surface area contributed by atoms with E-state index in [9.17, 15) is 9.90 Å². The van der Waals surface area contributed by atoms with Crippen molar-refractivity contribution in [3.8, 4) is 0 Å². The lowest BCUT2D eigenvalue weighted by Crippen LogP contribution is -2.39.